The van der Waals surface area contributed by atoms with Crippen LogP contribution in [0.2, 0.25) is 0 Å². The molecule has 0 spiro atoms. The van der Waals surface area contributed by atoms with Gasteiger partial charge in [0.2, 0.25) is 6.01 Å². The van der Waals surface area contributed by atoms with E-state index in [2.05, 4.69) is 0 Å². The van der Waals surface area contributed by atoms with Gasteiger partial charge < -0.3 is 0 Å². The van der Waals surface area contributed by atoms with Gasteiger partial charge in [0.05, 0.1) is 0 Å². The van der Waals surface area contributed by atoms with Crippen LogP contribution in [0.5, 0.6) is 0 Å². The van der Waals surface area contributed by atoms with Crippen LogP contribution < -0.4 is 0 Å². The van der Waals surface area contributed by atoms with Gasteiger partial charge in [-0.25, -0.2) is 25.6 Å². The monoisotopic (exact) mass is 323 g/mol. The van der Waals surface area contributed by atoms with E-state index in [1.807, 2.05) is 0 Å². The Labute approximate surface area is 98.5 Å². The summed E-state index contributed by atoms with van der Waals surface area (Å²) in [7, 11) is -11.9. The predicted molar refractivity (Wildman–Crippen MR) is 47.4 cm³/mol. The lowest BCUT2D eigenvalue weighted by Crippen LogP contribution is -2.54. The predicted octanol–water partition coefficient (Wildman–Crippen LogP) is 0.702. The fourth-order valence-corrected chi connectivity index (χ4v) is 3.13. The van der Waals surface area contributed by atoms with E-state index in [0.717, 1.165) is 0 Å². The first-order chi connectivity index (χ1) is 7.78. The highest BCUT2D eigenvalue weighted by atomic mass is 32.3. The van der Waals surface area contributed by atoms with Gasteiger partial charge in [-0.15, -0.1) is 0 Å². The zero-order chi connectivity index (χ0) is 15.0. The summed E-state index contributed by atoms with van der Waals surface area (Å²) in [6, 6.07) is -2.40. The lowest BCUT2D eigenvalue weighted by molar-refractivity contribution is -0.167. The summed E-state index contributed by atoms with van der Waals surface area (Å²) in [4.78, 5) is 0. The normalized spacial score (nSPS) is 15.1. The molecule has 13 heteroatoms. The minimum absolute atomic E-state index is 0.0630. The highest BCUT2D eigenvalue weighted by molar-refractivity contribution is 8.04. The van der Waals surface area contributed by atoms with Crippen molar-refractivity contribution in [3.05, 3.63) is 0 Å². The van der Waals surface area contributed by atoms with E-state index < -0.39 is 47.6 Å². The molecule has 0 rings (SSSR count). The molecule has 0 saturated heterocycles. The quantitative estimate of drug-likeness (QED) is 0.675. The second-order valence-electron chi connectivity index (χ2n) is 2.96. The number of rotatable bonds is 6. The molecular formula is C5H7F6NO4S2. The fourth-order valence-electron chi connectivity index (χ4n) is 0.646. The summed E-state index contributed by atoms with van der Waals surface area (Å²) in [5, 5.41) is -6.04. The maximum absolute atomic E-state index is 12.9. The first-order valence-corrected chi connectivity index (χ1v) is 6.92. The molecule has 0 aromatic carbocycles. The van der Waals surface area contributed by atoms with E-state index in [1.54, 1.807) is 0 Å². The van der Waals surface area contributed by atoms with Crippen LogP contribution in [0.15, 0.2) is 0 Å². The van der Waals surface area contributed by atoms with E-state index in [9.17, 15) is 43.2 Å². The summed E-state index contributed by atoms with van der Waals surface area (Å²) in [5.74, 6) is -5.65. The van der Waals surface area contributed by atoms with E-state index >= 15 is 0 Å². The molecule has 0 heterocycles. The topological polar surface area (TPSA) is 71.5 Å². The Hall–Kier alpha value is -0.560. The van der Waals surface area contributed by atoms with Crippen LogP contribution in [-0.4, -0.2) is 51.5 Å². The maximum Gasteiger partial charge on any atom is 0.424 e. The standard InChI is InChI=1S/C5H7F6NO4S2/c1-12(17(13,14)3-7)18(15,16)5(10,11)4(8,9)2-6/h2-3H2,1H3. The molecule has 0 N–H and O–H groups in total. The van der Waals surface area contributed by atoms with Gasteiger partial charge in [0, 0.05) is 7.05 Å². The smallest absolute Gasteiger partial charge is 0.244 e. The first kappa shape index (κ1) is 17.4. The van der Waals surface area contributed by atoms with Gasteiger partial charge in [0.15, 0.2) is 6.67 Å². The summed E-state index contributed by atoms with van der Waals surface area (Å²) in [6.45, 7) is -3.04. The third-order valence-corrected chi connectivity index (χ3v) is 5.74. The molecule has 0 bridgehead atoms. The maximum atomic E-state index is 12.9. The molecule has 0 aliphatic carbocycles. The fraction of sp³-hybridized carbons (Fsp3) is 1.00. The Balaban J connectivity index is 5.84. The molecule has 0 aliphatic rings. The minimum Gasteiger partial charge on any atom is -0.244 e. The Bertz CT molecular complexity index is 500. The third-order valence-electron chi connectivity index (χ3n) is 1.79. The highest BCUT2D eigenvalue weighted by Gasteiger charge is 2.68. The minimum atomic E-state index is -6.50. The third kappa shape index (κ3) is 2.56. The van der Waals surface area contributed by atoms with Crippen molar-refractivity contribution in [2.24, 2.45) is 0 Å². The van der Waals surface area contributed by atoms with Gasteiger partial charge in [0.1, 0.15) is 0 Å². The van der Waals surface area contributed by atoms with E-state index in [1.165, 1.54) is 0 Å². The van der Waals surface area contributed by atoms with Crippen molar-refractivity contribution in [3.63, 3.8) is 0 Å². The van der Waals surface area contributed by atoms with Crippen LogP contribution in [0, 0.1) is 0 Å². The summed E-state index contributed by atoms with van der Waals surface area (Å²) in [6.07, 6.45) is 0. The molecule has 0 aromatic rings. The average molecular weight is 323 g/mol. The van der Waals surface area contributed by atoms with Crippen molar-refractivity contribution in [2.75, 3.05) is 19.7 Å². The van der Waals surface area contributed by atoms with Gasteiger partial charge in [-0.3, -0.25) is 0 Å². The SMILES string of the molecule is CN(S(=O)(=O)CF)S(=O)(=O)C(F)(F)C(F)(F)CF. The van der Waals surface area contributed by atoms with Crippen molar-refractivity contribution >= 4 is 20.0 Å². The Morgan fingerprint density at radius 3 is 1.67 bits per heavy atom. The molecule has 0 aromatic heterocycles. The van der Waals surface area contributed by atoms with Crippen molar-refractivity contribution in [3.8, 4) is 0 Å². The number of sulfonamides is 2. The average Bonchev–Trinajstić information content (AvgIpc) is 2.27. The molecule has 0 saturated carbocycles. The molecule has 0 unspecified atom stereocenters. The van der Waals surface area contributed by atoms with Gasteiger partial charge in [-0.05, 0) is 0 Å². The van der Waals surface area contributed by atoms with Crippen molar-refractivity contribution in [1.29, 1.82) is 0 Å². The van der Waals surface area contributed by atoms with Gasteiger partial charge in [0.25, 0.3) is 20.0 Å². The van der Waals surface area contributed by atoms with Crippen LogP contribution in [0.4, 0.5) is 26.3 Å². The zero-order valence-corrected chi connectivity index (χ0v) is 10.2. The number of halogens is 6. The Morgan fingerprint density at radius 2 is 1.39 bits per heavy atom. The second kappa shape index (κ2) is 4.85. The van der Waals surface area contributed by atoms with Gasteiger partial charge >= 0.3 is 11.2 Å². The molecule has 0 amide bonds. The van der Waals surface area contributed by atoms with Crippen LogP contribution in [0.1, 0.15) is 0 Å². The van der Waals surface area contributed by atoms with Gasteiger partial charge in [-0.1, -0.05) is 3.71 Å². The molecule has 5 nitrogen and oxygen atoms in total. The van der Waals surface area contributed by atoms with E-state index in [4.69, 9.17) is 0 Å². The molecule has 0 fully saturated rings. The molecular weight excluding hydrogens is 316 g/mol. The van der Waals surface area contributed by atoms with Crippen LogP contribution in [0.3, 0.4) is 0 Å². The van der Waals surface area contributed by atoms with Crippen molar-refractivity contribution in [1.82, 2.24) is 3.71 Å². The van der Waals surface area contributed by atoms with E-state index in [0.29, 0.717) is 0 Å². The number of hydrogen-bond donors (Lipinski definition) is 0. The second-order valence-corrected chi connectivity index (χ2v) is 7.13. The number of hydrogen-bond acceptors (Lipinski definition) is 4. The number of nitrogens with zero attached hydrogens (tertiary/aromatic N) is 1. The Kier molecular flexibility index (Phi) is 4.69. The molecule has 110 valence electrons. The summed E-state index contributed by atoms with van der Waals surface area (Å²) in [5.41, 5.74) is 0. The lowest BCUT2D eigenvalue weighted by atomic mass is 10.4. The van der Waals surface area contributed by atoms with Crippen LogP contribution >= 0.6 is 0 Å². The molecule has 0 atom stereocenters. The Morgan fingerprint density at radius 1 is 1.00 bits per heavy atom. The molecule has 0 radical (unpaired) electrons. The molecule has 18 heavy (non-hydrogen) atoms. The summed E-state index contributed by atoms with van der Waals surface area (Å²) < 4.78 is 116. The van der Waals surface area contributed by atoms with Crippen LogP contribution in [-0.2, 0) is 20.0 Å². The van der Waals surface area contributed by atoms with Crippen molar-refractivity contribution in [2.45, 2.75) is 11.2 Å². The number of alkyl halides is 6. The zero-order valence-electron chi connectivity index (χ0n) is 8.58. The lowest BCUT2D eigenvalue weighted by Gasteiger charge is -2.27. The van der Waals surface area contributed by atoms with E-state index in [-0.39, 0.29) is 7.05 Å². The summed E-state index contributed by atoms with van der Waals surface area (Å²) >= 11 is 0. The van der Waals surface area contributed by atoms with Gasteiger partial charge in [-0.2, -0.15) is 17.6 Å². The molecule has 0 aliphatic heterocycles. The van der Waals surface area contributed by atoms with Crippen LogP contribution in [0.25, 0.3) is 0 Å². The van der Waals surface area contributed by atoms with Crippen molar-refractivity contribution < 1.29 is 43.2 Å². The largest absolute Gasteiger partial charge is 0.424 e. The highest BCUT2D eigenvalue weighted by Crippen LogP contribution is 2.41. The first-order valence-electron chi connectivity index (χ1n) is 3.87.